The van der Waals surface area contributed by atoms with Gasteiger partial charge < -0.3 is 10.4 Å². The Kier molecular flexibility index (Phi) is 3.84. The van der Waals surface area contributed by atoms with E-state index >= 15 is 0 Å². The Labute approximate surface area is 116 Å². The fraction of sp³-hybridized carbons (Fsp3) is 0.214. The number of benzene rings is 1. The molecule has 0 saturated carbocycles. The van der Waals surface area contributed by atoms with Crippen LogP contribution in [-0.4, -0.2) is 26.8 Å². The fourth-order valence-corrected chi connectivity index (χ4v) is 1.96. The van der Waals surface area contributed by atoms with Gasteiger partial charge in [0, 0.05) is 7.05 Å². The Morgan fingerprint density at radius 2 is 1.95 bits per heavy atom. The number of aryl methyl sites for hydroxylation is 2. The molecule has 0 aliphatic carbocycles. The standard InChI is InChI=1S/C14H15N3O3/c1-9-8-11(17(2)16-9)13(18)15-12(14(19)20)10-6-4-3-5-7-10/h3-8,12H,1-2H3,(H,15,18)(H,19,20)/t12-/m0/s1. The predicted octanol–water partition coefficient (Wildman–Crippen LogP) is 1.28. The summed E-state index contributed by atoms with van der Waals surface area (Å²) in [5.74, 6) is -1.58. The predicted molar refractivity (Wildman–Crippen MR) is 72.2 cm³/mol. The van der Waals surface area contributed by atoms with Crippen LogP contribution < -0.4 is 5.32 Å². The topological polar surface area (TPSA) is 84.2 Å². The van der Waals surface area contributed by atoms with E-state index in [9.17, 15) is 14.7 Å². The summed E-state index contributed by atoms with van der Waals surface area (Å²) >= 11 is 0. The molecule has 0 bridgehead atoms. The van der Waals surface area contributed by atoms with Gasteiger partial charge in [-0.1, -0.05) is 30.3 Å². The van der Waals surface area contributed by atoms with Gasteiger partial charge in [0.1, 0.15) is 5.69 Å². The lowest BCUT2D eigenvalue weighted by Gasteiger charge is -2.14. The minimum atomic E-state index is -1.11. The third kappa shape index (κ3) is 2.85. The minimum absolute atomic E-state index is 0.324. The number of nitrogens with one attached hydrogen (secondary N) is 1. The molecule has 2 rings (SSSR count). The zero-order valence-electron chi connectivity index (χ0n) is 11.2. The van der Waals surface area contributed by atoms with Crippen LogP contribution in [0.5, 0.6) is 0 Å². The molecule has 0 aliphatic heterocycles. The molecule has 0 aliphatic rings. The molecule has 0 unspecified atom stereocenters. The summed E-state index contributed by atoms with van der Waals surface area (Å²) in [4.78, 5) is 23.5. The van der Waals surface area contributed by atoms with E-state index in [0.29, 0.717) is 17.0 Å². The second kappa shape index (κ2) is 5.56. The van der Waals surface area contributed by atoms with Crippen molar-refractivity contribution < 1.29 is 14.7 Å². The number of hydrogen-bond donors (Lipinski definition) is 2. The number of carbonyl (C=O) groups is 2. The van der Waals surface area contributed by atoms with Crippen LogP contribution in [0.3, 0.4) is 0 Å². The number of carboxylic acids is 1. The third-order valence-electron chi connectivity index (χ3n) is 2.89. The van der Waals surface area contributed by atoms with Gasteiger partial charge in [-0.15, -0.1) is 0 Å². The van der Waals surface area contributed by atoms with Crippen LogP contribution in [0.1, 0.15) is 27.8 Å². The van der Waals surface area contributed by atoms with Gasteiger partial charge in [0.15, 0.2) is 6.04 Å². The van der Waals surface area contributed by atoms with Crippen molar-refractivity contribution in [2.75, 3.05) is 0 Å². The molecule has 1 aromatic carbocycles. The summed E-state index contributed by atoms with van der Waals surface area (Å²) < 4.78 is 1.43. The first-order valence-electron chi connectivity index (χ1n) is 6.08. The lowest BCUT2D eigenvalue weighted by atomic mass is 10.1. The average molecular weight is 273 g/mol. The first-order valence-corrected chi connectivity index (χ1v) is 6.08. The monoisotopic (exact) mass is 273 g/mol. The van der Waals surface area contributed by atoms with Gasteiger partial charge in [0.25, 0.3) is 5.91 Å². The zero-order valence-corrected chi connectivity index (χ0v) is 11.2. The molecule has 0 saturated heterocycles. The normalized spacial score (nSPS) is 11.9. The lowest BCUT2D eigenvalue weighted by molar-refractivity contribution is -0.139. The van der Waals surface area contributed by atoms with Gasteiger partial charge in [-0.3, -0.25) is 9.48 Å². The highest BCUT2D eigenvalue weighted by Gasteiger charge is 2.23. The molecule has 6 nitrogen and oxygen atoms in total. The van der Waals surface area contributed by atoms with E-state index in [0.717, 1.165) is 0 Å². The van der Waals surface area contributed by atoms with Crippen molar-refractivity contribution in [3.8, 4) is 0 Å². The molecule has 0 fully saturated rings. The number of nitrogens with zero attached hydrogens (tertiary/aromatic N) is 2. The van der Waals surface area contributed by atoms with Gasteiger partial charge in [0.05, 0.1) is 5.69 Å². The Morgan fingerprint density at radius 1 is 1.30 bits per heavy atom. The molecule has 1 aromatic heterocycles. The highest BCUT2D eigenvalue weighted by Crippen LogP contribution is 2.14. The van der Waals surface area contributed by atoms with Gasteiger partial charge in [-0.2, -0.15) is 5.10 Å². The summed E-state index contributed by atoms with van der Waals surface area (Å²) in [6, 6.07) is 9.09. The highest BCUT2D eigenvalue weighted by atomic mass is 16.4. The number of hydrogen-bond acceptors (Lipinski definition) is 3. The first kappa shape index (κ1) is 13.8. The van der Waals surface area contributed by atoms with E-state index in [1.807, 2.05) is 0 Å². The van der Waals surface area contributed by atoms with Crippen molar-refractivity contribution in [2.24, 2.45) is 7.05 Å². The molecule has 2 N–H and O–H groups in total. The molecule has 0 spiro atoms. The SMILES string of the molecule is Cc1cc(C(=O)N[C@H](C(=O)O)c2ccccc2)n(C)n1. The van der Waals surface area contributed by atoms with E-state index in [-0.39, 0.29) is 0 Å². The van der Waals surface area contributed by atoms with Crippen LogP contribution in [0.25, 0.3) is 0 Å². The van der Waals surface area contributed by atoms with E-state index in [1.165, 1.54) is 4.68 Å². The zero-order chi connectivity index (χ0) is 14.7. The summed E-state index contributed by atoms with van der Waals surface area (Å²) in [5, 5.41) is 15.8. The van der Waals surface area contributed by atoms with Crippen molar-refractivity contribution in [3.63, 3.8) is 0 Å². The van der Waals surface area contributed by atoms with Crippen LogP contribution in [-0.2, 0) is 11.8 Å². The van der Waals surface area contributed by atoms with Gasteiger partial charge in [0.2, 0.25) is 0 Å². The van der Waals surface area contributed by atoms with Crippen LogP contribution in [0.4, 0.5) is 0 Å². The Balaban J connectivity index is 2.23. The van der Waals surface area contributed by atoms with Crippen molar-refractivity contribution >= 4 is 11.9 Å². The molecule has 2 aromatic rings. The molecular formula is C14H15N3O3. The van der Waals surface area contributed by atoms with E-state index < -0.39 is 17.9 Å². The average Bonchev–Trinajstić information content (AvgIpc) is 2.75. The smallest absolute Gasteiger partial charge is 0.330 e. The summed E-state index contributed by atoms with van der Waals surface area (Å²) in [5.41, 5.74) is 1.54. The number of amides is 1. The Morgan fingerprint density at radius 3 is 2.45 bits per heavy atom. The lowest BCUT2D eigenvalue weighted by Crippen LogP contribution is -2.34. The summed E-state index contributed by atoms with van der Waals surface area (Å²) in [6.07, 6.45) is 0. The number of carbonyl (C=O) groups excluding carboxylic acids is 1. The van der Waals surface area contributed by atoms with Crippen LogP contribution in [0.2, 0.25) is 0 Å². The summed E-state index contributed by atoms with van der Waals surface area (Å²) in [7, 11) is 1.64. The number of aromatic nitrogens is 2. The van der Waals surface area contributed by atoms with E-state index in [1.54, 1.807) is 50.4 Å². The van der Waals surface area contributed by atoms with E-state index in [2.05, 4.69) is 10.4 Å². The number of aliphatic carboxylic acids is 1. The maximum absolute atomic E-state index is 12.1. The molecule has 1 heterocycles. The molecule has 1 amide bonds. The van der Waals surface area contributed by atoms with Crippen LogP contribution in [0.15, 0.2) is 36.4 Å². The maximum Gasteiger partial charge on any atom is 0.330 e. The van der Waals surface area contributed by atoms with Crippen molar-refractivity contribution in [2.45, 2.75) is 13.0 Å². The number of carboxylic acid groups (broad SMARTS) is 1. The van der Waals surface area contributed by atoms with Gasteiger partial charge in [-0.05, 0) is 18.6 Å². The van der Waals surface area contributed by atoms with Crippen LogP contribution in [0, 0.1) is 6.92 Å². The molecule has 20 heavy (non-hydrogen) atoms. The molecule has 0 radical (unpaired) electrons. The van der Waals surface area contributed by atoms with Gasteiger partial charge in [-0.25, -0.2) is 4.79 Å². The third-order valence-corrected chi connectivity index (χ3v) is 2.89. The molecule has 104 valence electrons. The largest absolute Gasteiger partial charge is 0.479 e. The highest BCUT2D eigenvalue weighted by molar-refractivity contribution is 5.95. The first-order chi connectivity index (χ1) is 9.49. The number of rotatable bonds is 4. The second-order valence-electron chi connectivity index (χ2n) is 4.45. The molecular weight excluding hydrogens is 258 g/mol. The van der Waals surface area contributed by atoms with Gasteiger partial charge >= 0.3 is 5.97 Å². The summed E-state index contributed by atoms with van der Waals surface area (Å²) in [6.45, 7) is 1.77. The maximum atomic E-state index is 12.1. The second-order valence-corrected chi connectivity index (χ2v) is 4.45. The van der Waals surface area contributed by atoms with Crippen LogP contribution >= 0.6 is 0 Å². The van der Waals surface area contributed by atoms with E-state index in [4.69, 9.17) is 0 Å². The quantitative estimate of drug-likeness (QED) is 0.879. The molecule has 6 heteroatoms. The molecule has 1 atom stereocenters. The minimum Gasteiger partial charge on any atom is -0.479 e. The van der Waals surface area contributed by atoms with Crippen molar-refractivity contribution in [1.29, 1.82) is 0 Å². The van der Waals surface area contributed by atoms with Crippen molar-refractivity contribution in [3.05, 3.63) is 53.3 Å². The Hall–Kier alpha value is -2.63. The van der Waals surface area contributed by atoms with Crippen molar-refractivity contribution in [1.82, 2.24) is 15.1 Å². The Bertz CT molecular complexity index is 634. The fourth-order valence-electron chi connectivity index (χ4n) is 1.96.